The third kappa shape index (κ3) is 4.75. The van der Waals surface area contributed by atoms with Gasteiger partial charge in [0.15, 0.2) is 0 Å². The number of rotatable bonds is 5. The molecule has 0 fully saturated rings. The standard InChI is InChI=1S/C14H21NO3/c1-5-15(10-14(3,4)17)13(16)9-8-12-7-6-11(2)18-12/h6-9,17H,5,10H2,1-4H3. The molecule has 0 spiro atoms. The van der Waals surface area contributed by atoms with Crippen LogP contribution < -0.4 is 0 Å². The highest BCUT2D eigenvalue weighted by Crippen LogP contribution is 2.09. The summed E-state index contributed by atoms with van der Waals surface area (Å²) in [5.41, 5.74) is -0.888. The van der Waals surface area contributed by atoms with E-state index in [0.717, 1.165) is 5.76 Å². The molecule has 0 aromatic carbocycles. The van der Waals surface area contributed by atoms with Crippen LogP contribution in [0.2, 0.25) is 0 Å². The van der Waals surface area contributed by atoms with E-state index >= 15 is 0 Å². The number of likely N-dealkylation sites (N-methyl/N-ethyl adjacent to an activating group) is 1. The Bertz CT molecular complexity index is 426. The van der Waals surface area contributed by atoms with Gasteiger partial charge in [-0.2, -0.15) is 0 Å². The van der Waals surface area contributed by atoms with E-state index in [0.29, 0.717) is 18.8 Å². The van der Waals surface area contributed by atoms with Crippen molar-refractivity contribution in [1.82, 2.24) is 4.90 Å². The monoisotopic (exact) mass is 251 g/mol. The summed E-state index contributed by atoms with van der Waals surface area (Å²) in [6, 6.07) is 3.66. The van der Waals surface area contributed by atoms with Crippen molar-refractivity contribution in [3.05, 3.63) is 29.7 Å². The lowest BCUT2D eigenvalue weighted by Gasteiger charge is -2.27. The Kier molecular flexibility index (Phi) is 4.73. The van der Waals surface area contributed by atoms with E-state index < -0.39 is 5.60 Å². The summed E-state index contributed by atoms with van der Waals surface area (Å²) in [4.78, 5) is 13.5. The molecule has 4 nitrogen and oxygen atoms in total. The molecular weight excluding hydrogens is 230 g/mol. The summed E-state index contributed by atoms with van der Waals surface area (Å²) in [5.74, 6) is 1.33. The number of carbonyl (C=O) groups excluding carboxylic acids is 1. The van der Waals surface area contributed by atoms with Crippen LogP contribution in [-0.4, -0.2) is 34.6 Å². The predicted molar refractivity (Wildman–Crippen MR) is 71.0 cm³/mol. The van der Waals surface area contributed by atoms with Crippen LogP contribution in [0, 0.1) is 6.92 Å². The molecule has 0 aliphatic carbocycles. The maximum atomic E-state index is 11.9. The van der Waals surface area contributed by atoms with Crippen LogP contribution in [-0.2, 0) is 4.79 Å². The molecule has 18 heavy (non-hydrogen) atoms. The van der Waals surface area contributed by atoms with Crippen molar-refractivity contribution in [3.8, 4) is 0 Å². The lowest BCUT2D eigenvalue weighted by molar-refractivity contribution is -0.128. The number of hydrogen-bond donors (Lipinski definition) is 1. The fraction of sp³-hybridized carbons (Fsp3) is 0.500. The zero-order valence-electron chi connectivity index (χ0n) is 11.4. The van der Waals surface area contributed by atoms with Gasteiger partial charge in [0.05, 0.1) is 5.60 Å². The number of furan rings is 1. The third-order valence-electron chi connectivity index (χ3n) is 2.42. The largest absolute Gasteiger partial charge is 0.462 e. The van der Waals surface area contributed by atoms with Crippen molar-refractivity contribution in [1.29, 1.82) is 0 Å². The van der Waals surface area contributed by atoms with Gasteiger partial charge in [-0.3, -0.25) is 4.79 Å². The van der Waals surface area contributed by atoms with Gasteiger partial charge in [-0.1, -0.05) is 0 Å². The van der Waals surface area contributed by atoms with E-state index in [1.807, 2.05) is 26.0 Å². The van der Waals surface area contributed by atoms with Crippen molar-refractivity contribution in [3.63, 3.8) is 0 Å². The third-order valence-corrected chi connectivity index (χ3v) is 2.42. The maximum Gasteiger partial charge on any atom is 0.246 e. The lowest BCUT2D eigenvalue weighted by atomic mass is 10.1. The summed E-state index contributed by atoms with van der Waals surface area (Å²) in [7, 11) is 0. The number of hydrogen-bond acceptors (Lipinski definition) is 3. The molecule has 0 aliphatic rings. The lowest BCUT2D eigenvalue weighted by Crippen LogP contribution is -2.41. The first kappa shape index (κ1) is 14.5. The van der Waals surface area contributed by atoms with Crippen molar-refractivity contribution >= 4 is 12.0 Å². The van der Waals surface area contributed by atoms with Gasteiger partial charge < -0.3 is 14.4 Å². The van der Waals surface area contributed by atoms with Gasteiger partial charge in [0.25, 0.3) is 0 Å². The molecule has 0 unspecified atom stereocenters. The Morgan fingerprint density at radius 3 is 2.61 bits per heavy atom. The highest BCUT2D eigenvalue weighted by molar-refractivity contribution is 5.91. The normalized spacial score (nSPS) is 12.1. The van der Waals surface area contributed by atoms with E-state index in [1.54, 1.807) is 24.8 Å². The highest BCUT2D eigenvalue weighted by Gasteiger charge is 2.19. The summed E-state index contributed by atoms with van der Waals surface area (Å²) in [6.07, 6.45) is 3.11. The quantitative estimate of drug-likeness (QED) is 0.816. The Labute approximate surface area is 108 Å². The zero-order chi connectivity index (χ0) is 13.8. The highest BCUT2D eigenvalue weighted by atomic mass is 16.3. The van der Waals surface area contributed by atoms with Gasteiger partial charge in [0.2, 0.25) is 5.91 Å². The van der Waals surface area contributed by atoms with Crippen LogP contribution >= 0.6 is 0 Å². The second-order valence-electron chi connectivity index (χ2n) is 4.95. The van der Waals surface area contributed by atoms with Gasteiger partial charge >= 0.3 is 0 Å². The topological polar surface area (TPSA) is 53.7 Å². The molecule has 0 saturated carbocycles. The number of nitrogens with zero attached hydrogens (tertiary/aromatic N) is 1. The number of amides is 1. The van der Waals surface area contributed by atoms with Crippen LogP contribution in [0.1, 0.15) is 32.3 Å². The molecule has 100 valence electrons. The minimum Gasteiger partial charge on any atom is -0.462 e. The van der Waals surface area contributed by atoms with Gasteiger partial charge in [-0.25, -0.2) is 0 Å². The minimum absolute atomic E-state index is 0.131. The van der Waals surface area contributed by atoms with Gasteiger partial charge in [-0.15, -0.1) is 0 Å². The summed E-state index contributed by atoms with van der Waals surface area (Å²) < 4.78 is 5.34. The molecule has 0 bridgehead atoms. The van der Waals surface area contributed by atoms with Crippen LogP contribution in [0.4, 0.5) is 0 Å². The van der Waals surface area contributed by atoms with Crippen molar-refractivity contribution in [2.75, 3.05) is 13.1 Å². The van der Waals surface area contributed by atoms with Crippen LogP contribution in [0.5, 0.6) is 0 Å². The first-order valence-corrected chi connectivity index (χ1v) is 6.07. The fourth-order valence-electron chi connectivity index (χ4n) is 1.61. The average Bonchev–Trinajstić information content (AvgIpc) is 2.67. The zero-order valence-corrected chi connectivity index (χ0v) is 11.4. The molecule has 0 atom stereocenters. The Balaban J connectivity index is 2.65. The minimum atomic E-state index is -0.888. The second-order valence-corrected chi connectivity index (χ2v) is 4.95. The Morgan fingerprint density at radius 2 is 2.17 bits per heavy atom. The second kappa shape index (κ2) is 5.87. The Hall–Kier alpha value is -1.55. The first-order chi connectivity index (χ1) is 8.31. The van der Waals surface area contributed by atoms with Crippen molar-refractivity contribution in [2.24, 2.45) is 0 Å². The summed E-state index contributed by atoms with van der Waals surface area (Å²) in [5, 5.41) is 9.72. The molecule has 1 amide bonds. The number of aliphatic hydroxyl groups is 1. The summed E-state index contributed by atoms with van der Waals surface area (Å²) in [6.45, 7) is 7.97. The van der Waals surface area contributed by atoms with E-state index in [2.05, 4.69) is 0 Å². The van der Waals surface area contributed by atoms with E-state index in [9.17, 15) is 9.90 Å². The van der Waals surface area contributed by atoms with Gasteiger partial charge in [0.1, 0.15) is 11.5 Å². The molecule has 1 heterocycles. The average molecular weight is 251 g/mol. The van der Waals surface area contributed by atoms with Crippen LogP contribution in [0.25, 0.3) is 6.08 Å². The first-order valence-electron chi connectivity index (χ1n) is 6.07. The Morgan fingerprint density at radius 1 is 1.50 bits per heavy atom. The molecule has 4 heteroatoms. The predicted octanol–water partition coefficient (Wildman–Crippen LogP) is 2.22. The molecule has 1 aromatic heterocycles. The molecule has 1 rings (SSSR count). The smallest absolute Gasteiger partial charge is 0.246 e. The van der Waals surface area contributed by atoms with E-state index in [4.69, 9.17) is 4.42 Å². The number of carbonyl (C=O) groups is 1. The fourth-order valence-corrected chi connectivity index (χ4v) is 1.61. The van der Waals surface area contributed by atoms with Gasteiger partial charge in [0, 0.05) is 19.2 Å². The van der Waals surface area contributed by atoms with Gasteiger partial charge in [-0.05, 0) is 45.9 Å². The van der Waals surface area contributed by atoms with Crippen molar-refractivity contribution in [2.45, 2.75) is 33.3 Å². The van der Waals surface area contributed by atoms with Crippen molar-refractivity contribution < 1.29 is 14.3 Å². The van der Waals surface area contributed by atoms with E-state index in [-0.39, 0.29) is 5.91 Å². The summed E-state index contributed by atoms with van der Waals surface area (Å²) >= 11 is 0. The van der Waals surface area contributed by atoms with E-state index in [1.165, 1.54) is 6.08 Å². The molecule has 0 saturated heterocycles. The maximum absolute atomic E-state index is 11.9. The SMILES string of the molecule is CCN(CC(C)(C)O)C(=O)C=Cc1ccc(C)o1. The van der Waals surface area contributed by atoms with Crippen LogP contribution in [0.3, 0.4) is 0 Å². The molecule has 1 aromatic rings. The molecule has 0 aliphatic heterocycles. The molecule has 0 radical (unpaired) electrons. The number of aryl methyl sites for hydroxylation is 1. The van der Waals surface area contributed by atoms with Crippen LogP contribution in [0.15, 0.2) is 22.6 Å². The molecule has 1 N–H and O–H groups in total. The molecular formula is C14H21NO3.